The van der Waals surface area contributed by atoms with Gasteiger partial charge in [-0.3, -0.25) is 4.90 Å². The summed E-state index contributed by atoms with van der Waals surface area (Å²) in [6.07, 6.45) is 0.927. The van der Waals surface area contributed by atoms with Crippen LogP contribution in [0.15, 0.2) is 10.5 Å². The van der Waals surface area contributed by atoms with Crippen molar-refractivity contribution in [2.45, 2.75) is 12.5 Å². The van der Waals surface area contributed by atoms with Crippen molar-refractivity contribution < 1.29 is 13.9 Å². The number of ether oxygens (including phenoxy) is 2. The molecule has 20 heavy (non-hydrogen) atoms. The summed E-state index contributed by atoms with van der Waals surface area (Å²) in [4.78, 5) is 2.22. The van der Waals surface area contributed by atoms with Crippen LogP contribution in [0.3, 0.4) is 0 Å². The van der Waals surface area contributed by atoms with Crippen molar-refractivity contribution in [2.75, 3.05) is 34.4 Å². The fourth-order valence-corrected chi connectivity index (χ4v) is 3.56. The number of halogens is 2. The van der Waals surface area contributed by atoms with Crippen LogP contribution in [-0.4, -0.2) is 39.3 Å². The first-order valence-electron chi connectivity index (χ1n) is 6.53. The number of likely N-dealkylation sites (tertiary alicyclic amines) is 1. The Labute approximate surface area is 127 Å². The Morgan fingerprint density at radius 1 is 1.40 bits per heavy atom. The fraction of sp³-hybridized carbons (Fsp3) is 0.571. The Balaban J connectivity index is 2.50. The standard InChI is InChI=1S/C14H20BrFN2O2/c1-18-7-8(6-17)4-11(18)12-9(15)5-10(16)13(19-2)14(12)20-3/h5,8,11H,4,6-7,17H2,1-3H3. The van der Waals surface area contributed by atoms with E-state index in [-0.39, 0.29) is 11.8 Å². The van der Waals surface area contributed by atoms with Gasteiger partial charge in [0.2, 0.25) is 0 Å². The molecule has 1 aliphatic rings. The van der Waals surface area contributed by atoms with Gasteiger partial charge in [-0.25, -0.2) is 4.39 Å². The largest absolute Gasteiger partial charge is 0.492 e. The summed E-state index contributed by atoms with van der Waals surface area (Å²) in [6.45, 7) is 1.58. The van der Waals surface area contributed by atoms with Crippen LogP contribution in [0.4, 0.5) is 4.39 Å². The maximum absolute atomic E-state index is 13.9. The Morgan fingerprint density at radius 3 is 2.55 bits per heavy atom. The molecule has 4 nitrogen and oxygen atoms in total. The van der Waals surface area contributed by atoms with E-state index in [4.69, 9.17) is 15.2 Å². The topological polar surface area (TPSA) is 47.7 Å². The number of rotatable bonds is 4. The van der Waals surface area contributed by atoms with Gasteiger partial charge in [-0.1, -0.05) is 15.9 Å². The third-order valence-corrected chi connectivity index (χ3v) is 4.54. The first-order chi connectivity index (χ1) is 9.53. The van der Waals surface area contributed by atoms with Gasteiger partial charge in [-0.2, -0.15) is 0 Å². The van der Waals surface area contributed by atoms with E-state index in [9.17, 15) is 4.39 Å². The molecular weight excluding hydrogens is 327 g/mol. The second-order valence-corrected chi connectivity index (χ2v) is 5.97. The van der Waals surface area contributed by atoms with Gasteiger partial charge in [0.05, 0.1) is 14.2 Å². The molecular formula is C14H20BrFN2O2. The summed E-state index contributed by atoms with van der Waals surface area (Å²) in [6, 6.07) is 1.57. The van der Waals surface area contributed by atoms with Crippen molar-refractivity contribution in [2.24, 2.45) is 11.7 Å². The number of benzene rings is 1. The summed E-state index contributed by atoms with van der Waals surface area (Å²) in [7, 11) is 5.02. The van der Waals surface area contributed by atoms with Crippen molar-refractivity contribution in [3.05, 3.63) is 21.9 Å². The lowest BCUT2D eigenvalue weighted by atomic mass is 9.98. The molecule has 0 aromatic heterocycles. The lowest BCUT2D eigenvalue weighted by Crippen LogP contribution is -2.21. The van der Waals surface area contributed by atoms with Crippen LogP contribution in [0.1, 0.15) is 18.0 Å². The second kappa shape index (κ2) is 6.28. The van der Waals surface area contributed by atoms with E-state index in [2.05, 4.69) is 20.8 Å². The molecule has 2 rings (SSSR count). The van der Waals surface area contributed by atoms with Crippen molar-refractivity contribution >= 4 is 15.9 Å². The van der Waals surface area contributed by atoms with E-state index in [1.165, 1.54) is 20.3 Å². The minimum atomic E-state index is -0.434. The Hall–Kier alpha value is -0.850. The van der Waals surface area contributed by atoms with Crippen LogP contribution < -0.4 is 15.2 Å². The van der Waals surface area contributed by atoms with Gasteiger partial charge in [0, 0.05) is 22.6 Å². The Morgan fingerprint density at radius 2 is 2.05 bits per heavy atom. The molecule has 1 fully saturated rings. The third-order valence-electron chi connectivity index (χ3n) is 3.89. The van der Waals surface area contributed by atoms with Crippen LogP contribution in [0.2, 0.25) is 0 Å². The molecule has 0 spiro atoms. The molecule has 2 atom stereocenters. The minimum Gasteiger partial charge on any atom is -0.492 e. The molecule has 1 saturated heterocycles. The van der Waals surface area contributed by atoms with Crippen LogP contribution in [-0.2, 0) is 0 Å². The predicted octanol–water partition coefficient (Wildman–Crippen LogP) is 2.56. The molecule has 2 unspecified atom stereocenters. The molecule has 1 aromatic carbocycles. The van der Waals surface area contributed by atoms with Crippen LogP contribution in [0.5, 0.6) is 11.5 Å². The minimum absolute atomic E-state index is 0.141. The van der Waals surface area contributed by atoms with Crippen LogP contribution in [0.25, 0.3) is 0 Å². The number of hydrogen-bond donors (Lipinski definition) is 1. The summed E-state index contributed by atoms with van der Waals surface area (Å²) in [5.41, 5.74) is 6.69. The van der Waals surface area contributed by atoms with Gasteiger partial charge in [0.1, 0.15) is 0 Å². The van der Waals surface area contributed by atoms with Crippen LogP contribution in [0, 0.1) is 11.7 Å². The molecule has 2 N–H and O–H groups in total. The number of methoxy groups -OCH3 is 2. The summed E-state index contributed by atoms with van der Waals surface area (Å²) in [5.74, 6) is 0.609. The fourth-order valence-electron chi connectivity index (χ4n) is 2.91. The molecule has 0 aliphatic carbocycles. The quantitative estimate of drug-likeness (QED) is 0.910. The molecule has 0 saturated carbocycles. The van der Waals surface area contributed by atoms with Crippen molar-refractivity contribution in [3.63, 3.8) is 0 Å². The Bertz CT molecular complexity index is 499. The zero-order valence-electron chi connectivity index (χ0n) is 12.0. The van der Waals surface area contributed by atoms with Crippen molar-refractivity contribution in [3.8, 4) is 11.5 Å². The van der Waals surface area contributed by atoms with Gasteiger partial charge in [-0.05, 0) is 32.0 Å². The molecule has 1 heterocycles. The van der Waals surface area contributed by atoms with Gasteiger partial charge in [-0.15, -0.1) is 0 Å². The van der Waals surface area contributed by atoms with Gasteiger partial charge < -0.3 is 15.2 Å². The highest BCUT2D eigenvalue weighted by Crippen LogP contribution is 2.47. The van der Waals surface area contributed by atoms with Crippen molar-refractivity contribution in [1.29, 1.82) is 0 Å². The molecule has 0 radical (unpaired) electrons. The number of nitrogens with zero attached hydrogens (tertiary/aromatic N) is 1. The van der Waals surface area contributed by atoms with E-state index in [0.29, 0.717) is 22.7 Å². The average Bonchev–Trinajstić information content (AvgIpc) is 2.79. The molecule has 0 amide bonds. The van der Waals surface area contributed by atoms with E-state index in [0.717, 1.165) is 18.5 Å². The maximum Gasteiger partial charge on any atom is 0.197 e. The highest BCUT2D eigenvalue weighted by molar-refractivity contribution is 9.10. The first kappa shape index (κ1) is 15.5. The highest BCUT2D eigenvalue weighted by atomic mass is 79.9. The van der Waals surface area contributed by atoms with Crippen molar-refractivity contribution in [1.82, 2.24) is 4.90 Å². The van der Waals surface area contributed by atoms with Gasteiger partial charge in [0.25, 0.3) is 0 Å². The first-order valence-corrected chi connectivity index (χ1v) is 7.32. The van der Waals surface area contributed by atoms with Gasteiger partial charge in [0.15, 0.2) is 17.3 Å². The van der Waals surface area contributed by atoms with E-state index in [1.54, 1.807) is 0 Å². The Kier molecular flexibility index (Phi) is 4.88. The zero-order valence-corrected chi connectivity index (χ0v) is 13.5. The lowest BCUT2D eigenvalue weighted by Gasteiger charge is -2.24. The van der Waals surface area contributed by atoms with Gasteiger partial charge >= 0.3 is 0 Å². The van der Waals surface area contributed by atoms with E-state index < -0.39 is 5.82 Å². The molecule has 1 aromatic rings. The lowest BCUT2D eigenvalue weighted by molar-refractivity contribution is 0.291. The summed E-state index contributed by atoms with van der Waals surface area (Å²) >= 11 is 3.45. The van der Waals surface area contributed by atoms with E-state index in [1.807, 2.05) is 7.05 Å². The third kappa shape index (κ3) is 2.64. The smallest absolute Gasteiger partial charge is 0.197 e. The highest BCUT2D eigenvalue weighted by Gasteiger charge is 2.34. The second-order valence-electron chi connectivity index (χ2n) is 5.11. The molecule has 0 bridgehead atoms. The van der Waals surface area contributed by atoms with E-state index >= 15 is 0 Å². The molecule has 112 valence electrons. The van der Waals surface area contributed by atoms with Crippen LogP contribution >= 0.6 is 15.9 Å². The zero-order chi connectivity index (χ0) is 14.9. The number of hydrogen-bond acceptors (Lipinski definition) is 4. The predicted molar refractivity (Wildman–Crippen MR) is 79.7 cm³/mol. The molecule has 1 aliphatic heterocycles. The number of nitrogens with two attached hydrogens (primary N) is 1. The summed E-state index contributed by atoms with van der Waals surface area (Å²) < 4.78 is 25.2. The molecule has 6 heteroatoms. The maximum atomic E-state index is 13.9. The normalized spacial score (nSPS) is 23.1. The monoisotopic (exact) mass is 346 g/mol. The average molecular weight is 347 g/mol. The summed E-state index contributed by atoms with van der Waals surface area (Å²) in [5, 5.41) is 0. The SMILES string of the molecule is COc1c(F)cc(Br)c(C2CC(CN)CN2C)c1OC.